The molecule has 112 valence electrons. The first-order valence-corrected chi connectivity index (χ1v) is 6.45. The van der Waals surface area contributed by atoms with Gasteiger partial charge in [-0.3, -0.25) is 4.79 Å². The highest BCUT2D eigenvalue weighted by atomic mass is 16.4. The van der Waals surface area contributed by atoms with Crippen LogP contribution in [0.4, 0.5) is 0 Å². The summed E-state index contributed by atoms with van der Waals surface area (Å²) in [6.45, 7) is 2.39. The summed E-state index contributed by atoms with van der Waals surface area (Å²) in [7, 11) is 1.72. The minimum Gasteiger partial charge on any atom is -0.476 e. The molecule has 9 heteroatoms. The molecule has 0 aliphatic rings. The van der Waals surface area contributed by atoms with Crippen molar-refractivity contribution >= 4 is 11.9 Å². The second-order valence-electron chi connectivity index (χ2n) is 4.46. The number of rotatable bonds is 6. The molecule has 0 spiro atoms. The van der Waals surface area contributed by atoms with E-state index in [2.05, 4.69) is 20.6 Å². The van der Waals surface area contributed by atoms with Gasteiger partial charge in [0.15, 0.2) is 5.82 Å². The van der Waals surface area contributed by atoms with Crippen molar-refractivity contribution < 1.29 is 14.7 Å². The summed E-state index contributed by atoms with van der Waals surface area (Å²) in [6, 6.07) is 0. The van der Waals surface area contributed by atoms with Crippen LogP contribution >= 0.6 is 0 Å². The average Bonchev–Trinajstić information content (AvgIpc) is 3.02. The fourth-order valence-electron chi connectivity index (χ4n) is 1.84. The monoisotopic (exact) mass is 292 g/mol. The lowest BCUT2D eigenvalue weighted by atomic mass is 10.3. The first kappa shape index (κ1) is 14.7. The van der Waals surface area contributed by atoms with E-state index >= 15 is 0 Å². The number of carboxylic acid groups (broad SMARTS) is 1. The Hall–Kier alpha value is -2.71. The summed E-state index contributed by atoms with van der Waals surface area (Å²) in [6.07, 6.45) is 4.03. The van der Waals surface area contributed by atoms with Gasteiger partial charge in [0.1, 0.15) is 12.2 Å². The number of aryl methyl sites for hydroxylation is 1. The van der Waals surface area contributed by atoms with Gasteiger partial charge in [0, 0.05) is 26.0 Å². The molecule has 21 heavy (non-hydrogen) atoms. The number of hydrogen-bond acceptors (Lipinski definition) is 5. The molecule has 0 aliphatic heterocycles. The van der Waals surface area contributed by atoms with Gasteiger partial charge in [0.25, 0.3) is 0 Å². The maximum Gasteiger partial charge on any atom is 0.358 e. The van der Waals surface area contributed by atoms with E-state index in [0.717, 1.165) is 6.42 Å². The Labute approximate surface area is 120 Å². The van der Waals surface area contributed by atoms with Crippen LogP contribution in [-0.2, 0) is 18.4 Å². The molecule has 2 N–H and O–H groups in total. The Balaban J connectivity index is 2.37. The molecular weight excluding hydrogens is 276 g/mol. The number of aromatic nitrogens is 5. The third-order valence-electron chi connectivity index (χ3n) is 2.84. The zero-order chi connectivity index (χ0) is 15.4. The van der Waals surface area contributed by atoms with Crippen LogP contribution in [0.1, 0.15) is 23.8 Å². The minimum absolute atomic E-state index is 0.109. The van der Waals surface area contributed by atoms with Gasteiger partial charge in [0.05, 0.1) is 0 Å². The van der Waals surface area contributed by atoms with Gasteiger partial charge in [-0.1, -0.05) is 12.1 Å². The number of aromatic carboxylic acids is 1. The number of amides is 1. The molecule has 2 heterocycles. The first-order valence-electron chi connectivity index (χ1n) is 6.45. The van der Waals surface area contributed by atoms with E-state index < -0.39 is 5.97 Å². The van der Waals surface area contributed by atoms with Gasteiger partial charge in [-0.05, 0) is 6.42 Å². The van der Waals surface area contributed by atoms with E-state index in [9.17, 15) is 14.7 Å². The fourth-order valence-corrected chi connectivity index (χ4v) is 1.84. The Morgan fingerprint density at radius 2 is 2.19 bits per heavy atom. The normalized spacial score (nSPS) is 10.6. The lowest BCUT2D eigenvalue weighted by Crippen LogP contribution is -2.29. The summed E-state index contributed by atoms with van der Waals surface area (Å²) in [5, 5.41) is 19.3. The summed E-state index contributed by atoms with van der Waals surface area (Å²) in [4.78, 5) is 27.1. The maximum absolute atomic E-state index is 11.8. The molecule has 2 aromatic rings. The van der Waals surface area contributed by atoms with Crippen LogP contribution in [0, 0.1) is 0 Å². The zero-order valence-electron chi connectivity index (χ0n) is 11.8. The van der Waals surface area contributed by atoms with Crippen molar-refractivity contribution in [2.24, 2.45) is 7.05 Å². The lowest BCUT2D eigenvalue weighted by molar-refractivity contribution is -0.121. The second kappa shape index (κ2) is 6.16. The van der Waals surface area contributed by atoms with E-state index in [1.807, 2.05) is 6.92 Å². The SMILES string of the molecule is CCCNC(=O)Cn1nnc(C(=O)O)c1-c1nccn1C. The smallest absolute Gasteiger partial charge is 0.358 e. The Kier molecular flexibility index (Phi) is 4.31. The van der Waals surface area contributed by atoms with Gasteiger partial charge < -0.3 is 15.0 Å². The number of carbonyl (C=O) groups is 2. The van der Waals surface area contributed by atoms with Crippen molar-refractivity contribution in [3.8, 4) is 11.5 Å². The maximum atomic E-state index is 11.8. The van der Waals surface area contributed by atoms with Crippen LogP contribution in [0.25, 0.3) is 11.5 Å². The summed E-state index contributed by atoms with van der Waals surface area (Å²) in [5.74, 6) is -1.08. The molecule has 0 atom stereocenters. The Bertz CT molecular complexity index is 660. The minimum atomic E-state index is -1.21. The largest absolute Gasteiger partial charge is 0.476 e. The molecule has 1 amide bonds. The average molecular weight is 292 g/mol. The fraction of sp³-hybridized carbons (Fsp3) is 0.417. The highest BCUT2D eigenvalue weighted by Gasteiger charge is 2.24. The van der Waals surface area contributed by atoms with E-state index in [0.29, 0.717) is 12.4 Å². The van der Waals surface area contributed by atoms with E-state index in [-0.39, 0.29) is 23.8 Å². The van der Waals surface area contributed by atoms with Crippen molar-refractivity contribution in [2.75, 3.05) is 6.54 Å². The summed E-state index contributed by atoms with van der Waals surface area (Å²) in [5.41, 5.74) is -0.0192. The number of imidazole rings is 1. The van der Waals surface area contributed by atoms with Crippen molar-refractivity contribution in [3.05, 3.63) is 18.1 Å². The summed E-state index contributed by atoms with van der Waals surface area (Å²) >= 11 is 0. The van der Waals surface area contributed by atoms with E-state index in [1.165, 1.54) is 10.9 Å². The van der Waals surface area contributed by atoms with Crippen molar-refractivity contribution in [1.82, 2.24) is 29.9 Å². The van der Waals surface area contributed by atoms with Gasteiger partial charge >= 0.3 is 5.97 Å². The third kappa shape index (κ3) is 3.07. The lowest BCUT2D eigenvalue weighted by Gasteiger charge is -2.07. The number of hydrogen-bond donors (Lipinski definition) is 2. The molecule has 0 saturated carbocycles. The molecule has 0 radical (unpaired) electrons. The predicted octanol–water partition coefficient (Wildman–Crippen LogP) is -0.0970. The molecule has 0 aliphatic carbocycles. The highest BCUT2D eigenvalue weighted by molar-refractivity contribution is 5.92. The van der Waals surface area contributed by atoms with Gasteiger partial charge in [0.2, 0.25) is 11.6 Å². The number of nitrogens with zero attached hydrogens (tertiary/aromatic N) is 5. The topological polar surface area (TPSA) is 115 Å². The van der Waals surface area contributed by atoms with Gasteiger partial charge in [-0.25, -0.2) is 14.5 Å². The molecule has 2 aromatic heterocycles. The Morgan fingerprint density at radius 3 is 2.76 bits per heavy atom. The molecule has 2 rings (SSSR count). The van der Waals surface area contributed by atoms with Crippen LogP contribution in [-0.4, -0.2) is 48.1 Å². The predicted molar refractivity (Wildman–Crippen MR) is 72.5 cm³/mol. The molecule has 0 aromatic carbocycles. The Morgan fingerprint density at radius 1 is 1.43 bits per heavy atom. The van der Waals surface area contributed by atoms with Crippen molar-refractivity contribution in [3.63, 3.8) is 0 Å². The molecule has 9 nitrogen and oxygen atoms in total. The molecule has 0 fully saturated rings. The first-order chi connectivity index (χ1) is 10.0. The van der Waals surface area contributed by atoms with Crippen LogP contribution < -0.4 is 5.32 Å². The second-order valence-corrected chi connectivity index (χ2v) is 4.46. The van der Waals surface area contributed by atoms with Crippen LogP contribution in [0.3, 0.4) is 0 Å². The standard InChI is InChI=1S/C12H16N6O3/c1-3-4-13-8(19)7-18-10(9(12(20)21)15-16-18)11-14-5-6-17(11)2/h5-6H,3-4,7H2,1-2H3,(H,13,19)(H,20,21). The molecule has 0 bridgehead atoms. The highest BCUT2D eigenvalue weighted by Crippen LogP contribution is 2.19. The quantitative estimate of drug-likeness (QED) is 0.768. The van der Waals surface area contributed by atoms with Crippen LogP contribution in [0.5, 0.6) is 0 Å². The van der Waals surface area contributed by atoms with E-state index in [1.54, 1.807) is 17.8 Å². The van der Waals surface area contributed by atoms with Crippen LogP contribution in [0.15, 0.2) is 12.4 Å². The number of carboxylic acids is 1. The molecule has 0 saturated heterocycles. The molecule has 0 unspecified atom stereocenters. The molecular formula is C12H16N6O3. The van der Waals surface area contributed by atoms with Crippen molar-refractivity contribution in [2.45, 2.75) is 19.9 Å². The van der Waals surface area contributed by atoms with Gasteiger partial charge in [-0.15, -0.1) is 5.10 Å². The van der Waals surface area contributed by atoms with Gasteiger partial charge in [-0.2, -0.15) is 0 Å². The third-order valence-corrected chi connectivity index (χ3v) is 2.84. The van der Waals surface area contributed by atoms with E-state index in [4.69, 9.17) is 0 Å². The number of carbonyl (C=O) groups excluding carboxylic acids is 1. The summed E-state index contributed by atoms with van der Waals surface area (Å²) < 4.78 is 2.89. The van der Waals surface area contributed by atoms with Crippen molar-refractivity contribution in [1.29, 1.82) is 0 Å². The number of nitrogens with one attached hydrogen (secondary N) is 1. The zero-order valence-corrected chi connectivity index (χ0v) is 11.8. The van der Waals surface area contributed by atoms with Crippen LogP contribution in [0.2, 0.25) is 0 Å².